The van der Waals surface area contributed by atoms with E-state index in [1.54, 1.807) is 0 Å². The number of nitrogen functional groups attached to an aromatic ring is 1. The van der Waals surface area contributed by atoms with Crippen molar-refractivity contribution >= 4 is 5.69 Å². The van der Waals surface area contributed by atoms with Crippen molar-refractivity contribution in [2.24, 2.45) is 0 Å². The smallest absolute Gasteiger partial charge is 0.0346 e. The Balaban J connectivity index is 2.11. The van der Waals surface area contributed by atoms with Crippen molar-refractivity contribution in [2.45, 2.75) is 45.7 Å². The molecular weight excluding hydrogens is 196 g/mol. The summed E-state index contributed by atoms with van der Waals surface area (Å²) in [6.07, 6.45) is 3.97. The van der Waals surface area contributed by atoms with Gasteiger partial charge < -0.3 is 5.73 Å². The number of hydrogen-bond donors (Lipinski definition) is 1. The number of hydrogen-bond acceptors (Lipinski definition) is 2. The molecule has 1 saturated heterocycles. The zero-order valence-electron chi connectivity index (χ0n) is 10.4. The minimum Gasteiger partial charge on any atom is -0.399 e. The van der Waals surface area contributed by atoms with Gasteiger partial charge in [-0.05, 0) is 49.9 Å². The molecule has 0 saturated carbocycles. The van der Waals surface area contributed by atoms with Crippen LogP contribution in [0.5, 0.6) is 0 Å². The molecule has 1 unspecified atom stereocenters. The van der Waals surface area contributed by atoms with Gasteiger partial charge in [-0.2, -0.15) is 0 Å². The van der Waals surface area contributed by atoms with Crippen LogP contribution < -0.4 is 5.73 Å². The van der Waals surface area contributed by atoms with E-state index in [2.05, 4.69) is 30.9 Å². The maximum absolute atomic E-state index is 5.94. The number of anilines is 1. The van der Waals surface area contributed by atoms with Crippen LogP contribution in [0.15, 0.2) is 18.2 Å². The highest BCUT2D eigenvalue weighted by atomic mass is 15.2. The molecule has 16 heavy (non-hydrogen) atoms. The molecule has 1 fully saturated rings. The highest BCUT2D eigenvalue weighted by Crippen LogP contribution is 2.24. The third-order valence-corrected chi connectivity index (χ3v) is 3.83. The highest BCUT2D eigenvalue weighted by molar-refractivity contribution is 5.49. The van der Waals surface area contributed by atoms with Crippen LogP contribution in [-0.4, -0.2) is 17.5 Å². The monoisotopic (exact) mass is 218 g/mol. The lowest BCUT2D eigenvalue weighted by molar-refractivity contribution is 0.239. The Bertz CT molecular complexity index is 360. The second kappa shape index (κ2) is 4.88. The van der Waals surface area contributed by atoms with Crippen molar-refractivity contribution in [3.8, 4) is 0 Å². The van der Waals surface area contributed by atoms with Crippen LogP contribution in [0.3, 0.4) is 0 Å². The van der Waals surface area contributed by atoms with Gasteiger partial charge in [0, 0.05) is 18.3 Å². The molecule has 2 N–H and O–H groups in total. The van der Waals surface area contributed by atoms with Gasteiger partial charge in [0.05, 0.1) is 0 Å². The van der Waals surface area contributed by atoms with Crippen molar-refractivity contribution in [3.05, 3.63) is 29.3 Å². The summed E-state index contributed by atoms with van der Waals surface area (Å²) in [6.45, 7) is 6.72. The highest BCUT2D eigenvalue weighted by Gasteiger charge is 2.23. The Hall–Kier alpha value is -1.02. The first-order valence-corrected chi connectivity index (χ1v) is 6.30. The molecule has 2 nitrogen and oxygen atoms in total. The van der Waals surface area contributed by atoms with Crippen molar-refractivity contribution in [1.29, 1.82) is 0 Å². The van der Waals surface area contributed by atoms with Gasteiger partial charge in [0.15, 0.2) is 0 Å². The van der Waals surface area contributed by atoms with Crippen LogP contribution in [-0.2, 0) is 6.54 Å². The molecule has 1 aromatic carbocycles. The van der Waals surface area contributed by atoms with Crippen LogP contribution in [0, 0.1) is 6.92 Å². The molecule has 0 aliphatic carbocycles. The Morgan fingerprint density at radius 2 is 2.25 bits per heavy atom. The fourth-order valence-corrected chi connectivity index (χ4v) is 2.66. The van der Waals surface area contributed by atoms with Crippen LogP contribution in [0.1, 0.15) is 37.3 Å². The van der Waals surface area contributed by atoms with Crippen LogP contribution >= 0.6 is 0 Å². The summed E-state index contributed by atoms with van der Waals surface area (Å²) < 4.78 is 0. The molecule has 1 heterocycles. The molecule has 2 heteroatoms. The van der Waals surface area contributed by atoms with E-state index < -0.39 is 0 Å². The normalized spacial score (nSPS) is 21.5. The number of nitrogens with zero attached hydrogens (tertiary/aromatic N) is 1. The first kappa shape index (κ1) is 11.5. The summed E-state index contributed by atoms with van der Waals surface area (Å²) in [7, 11) is 0. The fourth-order valence-electron chi connectivity index (χ4n) is 2.66. The minimum absolute atomic E-state index is 0.779. The van der Waals surface area contributed by atoms with Gasteiger partial charge in [0.25, 0.3) is 0 Å². The summed E-state index contributed by atoms with van der Waals surface area (Å²) in [6, 6.07) is 7.03. The standard InChI is InChI=1S/C14H22N2/c1-3-13-7-5-9-16(13)10-12-6-4-8-14(15)11(12)2/h4,6,8,13H,3,5,7,9-10,15H2,1-2H3. The second-order valence-corrected chi connectivity index (χ2v) is 4.81. The first-order chi connectivity index (χ1) is 7.72. The maximum atomic E-state index is 5.94. The van der Waals surface area contributed by atoms with Gasteiger partial charge >= 0.3 is 0 Å². The van der Waals surface area contributed by atoms with Gasteiger partial charge in [-0.25, -0.2) is 0 Å². The summed E-state index contributed by atoms with van der Waals surface area (Å²) in [4.78, 5) is 2.60. The molecule has 0 amide bonds. The van der Waals surface area contributed by atoms with Crippen LogP contribution in [0.4, 0.5) is 5.69 Å². The summed E-state index contributed by atoms with van der Waals surface area (Å²) >= 11 is 0. The average Bonchev–Trinajstić information content (AvgIpc) is 2.72. The van der Waals surface area contributed by atoms with Crippen molar-refractivity contribution in [3.63, 3.8) is 0 Å². The Morgan fingerprint density at radius 3 is 3.00 bits per heavy atom. The maximum Gasteiger partial charge on any atom is 0.0346 e. The quantitative estimate of drug-likeness (QED) is 0.790. The molecule has 2 rings (SSSR count). The van der Waals surface area contributed by atoms with E-state index in [-0.39, 0.29) is 0 Å². The largest absolute Gasteiger partial charge is 0.399 e. The molecule has 1 aromatic rings. The molecule has 1 aliphatic heterocycles. The Morgan fingerprint density at radius 1 is 1.44 bits per heavy atom. The zero-order chi connectivity index (χ0) is 11.5. The van der Waals surface area contributed by atoms with Gasteiger partial charge in [-0.15, -0.1) is 0 Å². The van der Waals surface area contributed by atoms with Crippen molar-refractivity contribution in [1.82, 2.24) is 4.90 Å². The number of likely N-dealkylation sites (tertiary alicyclic amines) is 1. The van der Waals surface area contributed by atoms with Gasteiger partial charge in [-0.3, -0.25) is 4.90 Å². The molecule has 1 atom stereocenters. The van der Waals surface area contributed by atoms with Gasteiger partial charge in [0.2, 0.25) is 0 Å². The molecular formula is C14H22N2. The summed E-state index contributed by atoms with van der Waals surface area (Å²) in [5.41, 5.74) is 9.51. The zero-order valence-corrected chi connectivity index (χ0v) is 10.4. The van der Waals surface area contributed by atoms with E-state index in [0.717, 1.165) is 18.3 Å². The topological polar surface area (TPSA) is 29.3 Å². The number of nitrogens with two attached hydrogens (primary N) is 1. The summed E-state index contributed by atoms with van der Waals surface area (Å²) in [5.74, 6) is 0. The van der Waals surface area contributed by atoms with Crippen molar-refractivity contribution < 1.29 is 0 Å². The fraction of sp³-hybridized carbons (Fsp3) is 0.571. The van der Waals surface area contributed by atoms with E-state index in [1.165, 1.54) is 36.9 Å². The van der Waals surface area contributed by atoms with Crippen LogP contribution in [0.2, 0.25) is 0 Å². The second-order valence-electron chi connectivity index (χ2n) is 4.81. The SMILES string of the molecule is CCC1CCCN1Cc1cccc(N)c1C. The molecule has 0 radical (unpaired) electrons. The number of benzene rings is 1. The van der Waals surface area contributed by atoms with Gasteiger partial charge in [-0.1, -0.05) is 19.1 Å². The van der Waals surface area contributed by atoms with Gasteiger partial charge in [0.1, 0.15) is 0 Å². The van der Waals surface area contributed by atoms with E-state index in [9.17, 15) is 0 Å². The molecule has 0 spiro atoms. The molecule has 88 valence electrons. The number of rotatable bonds is 3. The average molecular weight is 218 g/mol. The van der Waals surface area contributed by atoms with E-state index >= 15 is 0 Å². The van der Waals surface area contributed by atoms with E-state index in [0.29, 0.717) is 0 Å². The lowest BCUT2D eigenvalue weighted by atomic mass is 10.1. The Kier molecular flexibility index (Phi) is 3.49. The molecule has 0 bridgehead atoms. The molecule has 1 aliphatic rings. The van der Waals surface area contributed by atoms with Crippen LogP contribution in [0.25, 0.3) is 0 Å². The first-order valence-electron chi connectivity index (χ1n) is 6.30. The predicted molar refractivity (Wildman–Crippen MR) is 69.3 cm³/mol. The Labute approximate surface area is 98.4 Å². The molecule has 0 aromatic heterocycles. The lowest BCUT2D eigenvalue weighted by Crippen LogP contribution is -2.28. The minimum atomic E-state index is 0.779. The lowest BCUT2D eigenvalue weighted by Gasteiger charge is -2.24. The third-order valence-electron chi connectivity index (χ3n) is 3.83. The van der Waals surface area contributed by atoms with E-state index in [1.807, 2.05) is 6.07 Å². The predicted octanol–water partition coefficient (Wildman–Crippen LogP) is 2.95. The summed E-state index contributed by atoms with van der Waals surface area (Å²) in [5, 5.41) is 0. The van der Waals surface area contributed by atoms with E-state index in [4.69, 9.17) is 5.73 Å². The third kappa shape index (κ3) is 2.22. The van der Waals surface area contributed by atoms with Crippen molar-refractivity contribution in [2.75, 3.05) is 12.3 Å².